The van der Waals surface area contributed by atoms with Gasteiger partial charge < -0.3 is 15.1 Å². The molecule has 2 aromatic carbocycles. The number of thioether (sulfide) groups is 1. The molecule has 0 spiro atoms. The minimum Gasteiger partial charge on any atom is -0.368 e. The smallest absolute Gasteiger partial charge is 0.368 e. The Morgan fingerprint density at radius 1 is 1.00 bits per heavy atom. The van der Waals surface area contributed by atoms with E-state index in [2.05, 4.69) is 15.2 Å². The number of piperazine rings is 1. The highest BCUT2D eigenvalue weighted by molar-refractivity contribution is 7.98. The summed E-state index contributed by atoms with van der Waals surface area (Å²) in [6, 6.07) is 13.5. The summed E-state index contributed by atoms with van der Waals surface area (Å²) >= 11 is 1.52. The van der Waals surface area contributed by atoms with Crippen molar-refractivity contribution in [1.82, 2.24) is 15.3 Å². The molecule has 1 aliphatic heterocycles. The van der Waals surface area contributed by atoms with Gasteiger partial charge in [0.1, 0.15) is 5.82 Å². The van der Waals surface area contributed by atoms with Crippen LogP contribution < -0.4 is 15.1 Å². The van der Waals surface area contributed by atoms with Gasteiger partial charge in [-0.3, -0.25) is 4.79 Å². The maximum Gasteiger partial charge on any atom is 0.416 e. The average Bonchev–Trinajstić information content (AvgIpc) is 3.73. The van der Waals surface area contributed by atoms with Crippen LogP contribution in [-0.2, 0) is 11.9 Å². The quantitative estimate of drug-likeness (QED) is 0.309. The molecular formula is C28H30F3N5OS. The number of nitrogens with one attached hydrogen (secondary N) is 1. The topological polar surface area (TPSA) is 61.4 Å². The van der Waals surface area contributed by atoms with E-state index in [0.29, 0.717) is 54.4 Å². The van der Waals surface area contributed by atoms with Gasteiger partial charge in [-0.2, -0.15) is 13.2 Å². The SMILES string of the molecule is Cc1nc(SCc2cccc(C(=O)NC3CC3)c2)nc(N2CCN(c3cccc(C(F)(F)F)c3)CC2)c1C. The first-order chi connectivity index (χ1) is 18.2. The minimum atomic E-state index is -4.36. The number of aryl methyl sites for hydroxylation is 1. The van der Waals surface area contributed by atoms with Crippen LogP contribution in [0.25, 0.3) is 0 Å². The zero-order chi connectivity index (χ0) is 26.9. The number of hydrogen-bond acceptors (Lipinski definition) is 6. The van der Waals surface area contributed by atoms with Gasteiger partial charge in [0.25, 0.3) is 5.91 Å². The number of anilines is 2. The van der Waals surface area contributed by atoms with E-state index in [1.165, 1.54) is 23.9 Å². The maximum atomic E-state index is 13.2. The van der Waals surface area contributed by atoms with Crippen LogP contribution in [0.15, 0.2) is 53.7 Å². The Morgan fingerprint density at radius 3 is 2.42 bits per heavy atom. The van der Waals surface area contributed by atoms with E-state index in [1.54, 1.807) is 6.07 Å². The Hall–Kier alpha value is -3.27. The lowest BCUT2D eigenvalue weighted by Crippen LogP contribution is -2.47. The molecule has 0 atom stereocenters. The van der Waals surface area contributed by atoms with Gasteiger partial charge >= 0.3 is 6.18 Å². The molecule has 2 fully saturated rings. The molecule has 200 valence electrons. The van der Waals surface area contributed by atoms with Crippen LogP contribution in [0.4, 0.5) is 24.7 Å². The third-order valence-electron chi connectivity index (χ3n) is 6.93. The molecular weight excluding hydrogens is 511 g/mol. The number of carbonyl (C=O) groups excluding carboxylic acids is 1. The van der Waals surface area contributed by atoms with Crippen molar-refractivity contribution in [2.75, 3.05) is 36.0 Å². The van der Waals surface area contributed by atoms with Crippen LogP contribution in [0.5, 0.6) is 0 Å². The lowest BCUT2D eigenvalue weighted by atomic mass is 10.1. The van der Waals surface area contributed by atoms with Crippen molar-refractivity contribution in [1.29, 1.82) is 0 Å². The largest absolute Gasteiger partial charge is 0.416 e. The monoisotopic (exact) mass is 541 g/mol. The molecule has 2 heterocycles. The van der Waals surface area contributed by atoms with E-state index >= 15 is 0 Å². The fraction of sp³-hybridized carbons (Fsp3) is 0.393. The Balaban J connectivity index is 1.24. The molecule has 0 unspecified atom stereocenters. The lowest BCUT2D eigenvalue weighted by Gasteiger charge is -2.37. The third-order valence-corrected chi connectivity index (χ3v) is 7.85. The van der Waals surface area contributed by atoms with Crippen LogP contribution >= 0.6 is 11.8 Å². The predicted molar refractivity (Wildman–Crippen MR) is 144 cm³/mol. The fourth-order valence-corrected chi connectivity index (χ4v) is 5.29. The first kappa shape index (κ1) is 26.3. The number of benzene rings is 2. The van der Waals surface area contributed by atoms with Gasteiger partial charge in [0.2, 0.25) is 0 Å². The van der Waals surface area contributed by atoms with E-state index < -0.39 is 11.7 Å². The molecule has 0 radical (unpaired) electrons. The zero-order valence-electron chi connectivity index (χ0n) is 21.4. The summed E-state index contributed by atoms with van der Waals surface area (Å²) in [6.07, 6.45) is -2.26. The Bertz CT molecular complexity index is 1320. The number of amides is 1. The fourth-order valence-electron chi connectivity index (χ4n) is 4.46. The van der Waals surface area contributed by atoms with Crippen LogP contribution in [0, 0.1) is 13.8 Å². The van der Waals surface area contributed by atoms with Gasteiger partial charge in [-0.25, -0.2) is 9.97 Å². The van der Waals surface area contributed by atoms with E-state index in [1.807, 2.05) is 43.0 Å². The van der Waals surface area contributed by atoms with Crippen molar-refractivity contribution < 1.29 is 18.0 Å². The molecule has 6 nitrogen and oxygen atoms in total. The lowest BCUT2D eigenvalue weighted by molar-refractivity contribution is -0.137. The first-order valence-corrected chi connectivity index (χ1v) is 13.7. The number of nitrogens with zero attached hydrogens (tertiary/aromatic N) is 4. The molecule has 3 aromatic rings. The van der Waals surface area contributed by atoms with Gasteiger partial charge in [-0.1, -0.05) is 30.0 Å². The first-order valence-electron chi connectivity index (χ1n) is 12.7. The highest BCUT2D eigenvalue weighted by Crippen LogP contribution is 2.33. The Labute approximate surface area is 224 Å². The van der Waals surface area contributed by atoms with E-state index in [0.717, 1.165) is 41.5 Å². The Morgan fingerprint density at radius 2 is 1.71 bits per heavy atom. The second kappa shape index (κ2) is 10.8. The molecule has 10 heteroatoms. The molecule has 38 heavy (non-hydrogen) atoms. The molecule has 1 saturated heterocycles. The van der Waals surface area contributed by atoms with Crippen molar-refractivity contribution in [3.63, 3.8) is 0 Å². The van der Waals surface area contributed by atoms with Crippen LogP contribution in [0.1, 0.15) is 45.6 Å². The molecule has 0 bridgehead atoms. The maximum absolute atomic E-state index is 13.2. The summed E-state index contributed by atoms with van der Waals surface area (Å²) in [7, 11) is 0. The molecule has 1 N–H and O–H groups in total. The molecule has 1 aromatic heterocycles. The van der Waals surface area contributed by atoms with Gasteiger partial charge in [0.15, 0.2) is 5.16 Å². The summed E-state index contributed by atoms with van der Waals surface area (Å²) < 4.78 is 39.5. The second-order valence-corrected chi connectivity index (χ2v) is 10.7. The van der Waals surface area contributed by atoms with Crippen molar-refractivity contribution in [2.45, 2.75) is 49.8 Å². The minimum absolute atomic E-state index is 0.0339. The molecule has 2 aliphatic rings. The van der Waals surface area contributed by atoms with E-state index in [4.69, 9.17) is 4.98 Å². The average molecular weight is 542 g/mol. The highest BCUT2D eigenvalue weighted by atomic mass is 32.2. The van der Waals surface area contributed by atoms with Gasteiger partial charge in [-0.05, 0) is 62.6 Å². The number of alkyl halides is 3. The van der Waals surface area contributed by atoms with E-state index in [-0.39, 0.29) is 5.91 Å². The zero-order valence-corrected chi connectivity index (χ0v) is 22.2. The van der Waals surface area contributed by atoms with Crippen molar-refractivity contribution in [2.24, 2.45) is 0 Å². The number of carbonyl (C=O) groups is 1. The van der Waals surface area contributed by atoms with Crippen LogP contribution in [-0.4, -0.2) is 48.1 Å². The van der Waals surface area contributed by atoms with Crippen LogP contribution in [0.3, 0.4) is 0 Å². The summed E-state index contributed by atoms with van der Waals surface area (Å²) in [6.45, 7) is 6.46. The highest BCUT2D eigenvalue weighted by Gasteiger charge is 2.31. The molecule has 1 aliphatic carbocycles. The summed E-state index contributed by atoms with van der Waals surface area (Å²) in [5.74, 6) is 1.46. The standard InChI is InChI=1S/C28H30F3N5OS/c1-18-19(2)32-27(38-17-20-5-3-6-21(15-20)26(37)33-23-9-10-23)34-25(18)36-13-11-35(12-14-36)24-8-4-7-22(16-24)28(29,30)31/h3-8,15-16,23H,9-14,17H2,1-2H3,(H,33,37). The summed E-state index contributed by atoms with van der Waals surface area (Å²) in [5, 5.41) is 3.69. The number of halogens is 3. The Kier molecular flexibility index (Phi) is 7.52. The third kappa shape index (κ3) is 6.23. The summed E-state index contributed by atoms with van der Waals surface area (Å²) in [4.78, 5) is 26.1. The van der Waals surface area contributed by atoms with Crippen molar-refractivity contribution in [3.05, 3.63) is 76.5 Å². The second-order valence-electron chi connectivity index (χ2n) is 9.80. The van der Waals surface area contributed by atoms with Gasteiger partial charge in [0.05, 0.1) is 5.56 Å². The van der Waals surface area contributed by atoms with Crippen molar-refractivity contribution in [3.8, 4) is 0 Å². The van der Waals surface area contributed by atoms with E-state index in [9.17, 15) is 18.0 Å². The number of hydrogen-bond donors (Lipinski definition) is 1. The van der Waals surface area contributed by atoms with Gasteiger partial charge in [0, 0.05) is 60.5 Å². The number of rotatable bonds is 7. The molecule has 5 rings (SSSR count). The predicted octanol–water partition coefficient (Wildman–Crippen LogP) is 5.62. The molecule has 1 saturated carbocycles. The van der Waals surface area contributed by atoms with Crippen LogP contribution in [0.2, 0.25) is 0 Å². The van der Waals surface area contributed by atoms with Crippen molar-refractivity contribution >= 4 is 29.2 Å². The van der Waals surface area contributed by atoms with Gasteiger partial charge in [-0.15, -0.1) is 0 Å². The normalized spacial score (nSPS) is 16.0. The summed E-state index contributed by atoms with van der Waals surface area (Å²) in [5.41, 5.74) is 3.54. The number of aromatic nitrogens is 2. The molecule has 1 amide bonds.